The van der Waals surface area contributed by atoms with Crippen molar-refractivity contribution in [3.8, 4) is 0 Å². The molecule has 6 aliphatic rings. The van der Waals surface area contributed by atoms with Gasteiger partial charge in [-0.3, -0.25) is 9.59 Å². The summed E-state index contributed by atoms with van der Waals surface area (Å²) in [7, 11) is 0. The van der Waals surface area contributed by atoms with E-state index in [2.05, 4.69) is 0 Å². The van der Waals surface area contributed by atoms with Gasteiger partial charge >= 0.3 is 23.9 Å². The molecule has 4 aliphatic heterocycles. The second-order valence-electron chi connectivity index (χ2n) is 12.8. The molecule has 12 atom stereocenters. The molecule has 11 heteroatoms. The van der Waals surface area contributed by atoms with E-state index in [1.54, 1.807) is 37.3 Å². The summed E-state index contributed by atoms with van der Waals surface area (Å²) in [6.07, 6.45) is -7.13. The molecule has 4 saturated heterocycles. The monoisotopic (exact) mass is 542 g/mol. The van der Waals surface area contributed by atoms with Crippen LogP contribution < -0.4 is 0 Å². The van der Waals surface area contributed by atoms with Gasteiger partial charge in [0, 0.05) is 5.92 Å². The number of carbonyl (C=O) groups excluding carboxylic acids is 4. The number of carbonyl (C=O) groups is 4. The molecule has 2 saturated carbocycles. The van der Waals surface area contributed by atoms with Gasteiger partial charge in [0.2, 0.25) is 11.9 Å². The van der Waals surface area contributed by atoms with E-state index in [4.69, 9.17) is 23.7 Å². The SMILES string of the molecule is CC1C(=O)OC2O[C@@]34C(=O)OC5C(OC(=O)c6ccccc6)[C@@H](C(C)(C)C)C21C53C(O)[C@@H]1OC(=O)[C@@H](C)[C@@]14O. The number of aliphatic hydroxyl groups is 2. The number of rotatable bonds is 2. The molecule has 0 bridgehead atoms. The van der Waals surface area contributed by atoms with Gasteiger partial charge in [0.1, 0.15) is 12.2 Å². The lowest BCUT2D eigenvalue weighted by Gasteiger charge is -2.48. The zero-order valence-electron chi connectivity index (χ0n) is 22.1. The summed E-state index contributed by atoms with van der Waals surface area (Å²) >= 11 is 0. The third-order valence-electron chi connectivity index (χ3n) is 10.6. The molecule has 208 valence electrons. The highest BCUT2D eigenvalue weighted by Gasteiger charge is 3.05. The zero-order valence-corrected chi connectivity index (χ0v) is 22.1. The van der Waals surface area contributed by atoms with Crippen molar-refractivity contribution in [3.63, 3.8) is 0 Å². The van der Waals surface area contributed by atoms with Gasteiger partial charge in [0.05, 0.1) is 28.2 Å². The van der Waals surface area contributed by atoms with Gasteiger partial charge in [0.25, 0.3) is 0 Å². The highest BCUT2D eigenvalue weighted by atomic mass is 16.8. The van der Waals surface area contributed by atoms with Gasteiger partial charge in [-0.05, 0) is 24.5 Å². The summed E-state index contributed by atoms with van der Waals surface area (Å²) in [5.74, 6) is -6.12. The molecule has 6 fully saturated rings. The van der Waals surface area contributed by atoms with Crippen LogP contribution >= 0.6 is 0 Å². The molecule has 2 N–H and O–H groups in total. The van der Waals surface area contributed by atoms with Crippen LogP contribution in [0.3, 0.4) is 0 Å². The number of hydrogen-bond donors (Lipinski definition) is 2. The lowest BCUT2D eigenvalue weighted by Crippen LogP contribution is -2.66. The van der Waals surface area contributed by atoms with Crippen LogP contribution in [0.2, 0.25) is 0 Å². The summed E-state index contributed by atoms with van der Waals surface area (Å²) in [4.78, 5) is 53.4. The molecular formula is C28H30O11. The average molecular weight is 543 g/mol. The Morgan fingerprint density at radius 3 is 2.23 bits per heavy atom. The minimum atomic E-state index is -2.33. The Balaban J connectivity index is 1.52. The van der Waals surface area contributed by atoms with Crippen LogP contribution in [0.4, 0.5) is 0 Å². The maximum atomic E-state index is 14.0. The Kier molecular flexibility index (Phi) is 4.48. The van der Waals surface area contributed by atoms with E-state index >= 15 is 0 Å². The summed E-state index contributed by atoms with van der Waals surface area (Å²) in [5, 5.41) is 24.4. The second kappa shape index (κ2) is 7.00. The van der Waals surface area contributed by atoms with E-state index in [-0.39, 0.29) is 5.56 Å². The molecule has 0 amide bonds. The van der Waals surface area contributed by atoms with Crippen molar-refractivity contribution in [1.82, 2.24) is 0 Å². The van der Waals surface area contributed by atoms with E-state index in [1.165, 1.54) is 6.92 Å². The van der Waals surface area contributed by atoms with Gasteiger partial charge in [-0.2, -0.15) is 0 Å². The maximum Gasteiger partial charge on any atom is 0.343 e. The summed E-state index contributed by atoms with van der Waals surface area (Å²) in [5.41, 5.74) is -8.46. The molecule has 39 heavy (non-hydrogen) atoms. The Morgan fingerprint density at radius 2 is 1.59 bits per heavy atom. The molecule has 1 aromatic rings. The van der Waals surface area contributed by atoms with E-state index in [0.717, 1.165) is 0 Å². The van der Waals surface area contributed by atoms with Crippen LogP contribution in [0.5, 0.6) is 0 Å². The summed E-state index contributed by atoms with van der Waals surface area (Å²) in [6.45, 7) is 8.69. The van der Waals surface area contributed by atoms with Gasteiger partial charge < -0.3 is 33.9 Å². The van der Waals surface area contributed by atoms with Crippen molar-refractivity contribution in [2.75, 3.05) is 0 Å². The first-order valence-electron chi connectivity index (χ1n) is 13.2. The average Bonchev–Trinajstić information content (AvgIpc) is 3.58. The first kappa shape index (κ1) is 25.0. The zero-order chi connectivity index (χ0) is 28.1. The maximum absolute atomic E-state index is 14.0. The highest BCUT2D eigenvalue weighted by molar-refractivity contribution is 5.94. The predicted molar refractivity (Wildman–Crippen MR) is 126 cm³/mol. The van der Waals surface area contributed by atoms with Crippen LogP contribution in [0.15, 0.2) is 30.3 Å². The predicted octanol–water partition coefficient (Wildman–Crippen LogP) is 0.741. The quantitative estimate of drug-likeness (QED) is 0.402. The lowest BCUT2D eigenvalue weighted by molar-refractivity contribution is -0.240. The first-order valence-corrected chi connectivity index (χ1v) is 13.2. The van der Waals surface area contributed by atoms with Crippen LogP contribution in [0, 0.1) is 34.0 Å². The Hall–Kier alpha value is -3.02. The van der Waals surface area contributed by atoms with E-state index in [9.17, 15) is 29.4 Å². The topological polar surface area (TPSA) is 155 Å². The summed E-state index contributed by atoms with van der Waals surface area (Å²) < 4.78 is 29.7. The molecule has 2 spiro atoms. The molecular weight excluding hydrogens is 512 g/mol. The molecule has 7 unspecified atom stereocenters. The van der Waals surface area contributed by atoms with E-state index in [1.807, 2.05) is 20.8 Å². The van der Waals surface area contributed by atoms with E-state index < -0.39 is 99.8 Å². The standard InChI is InChI=1S/C28H30O11/c1-11-19(30)38-23-25(11)15(24(3,4)5)14(35-21(32)13-9-7-6-8-10-13)17-26(25)16(29)18-27(34,12(2)20(31)36-18)28(26,39-23)22(33)37-17/h6-12,14-18,23,29,34H,1-5H3/t11?,12-,14?,15+,16?,17?,18+,23?,25?,26?,27-,28+/m1/s1. The van der Waals surface area contributed by atoms with Crippen LogP contribution in [-0.2, 0) is 38.1 Å². The van der Waals surface area contributed by atoms with Crippen molar-refractivity contribution < 1.29 is 53.1 Å². The van der Waals surface area contributed by atoms with Crippen LogP contribution in [0.1, 0.15) is 45.0 Å². The molecule has 4 heterocycles. The fraction of sp³-hybridized carbons (Fsp3) is 0.643. The third kappa shape index (κ3) is 2.22. The Morgan fingerprint density at radius 1 is 0.949 bits per heavy atom. The van der Waals surface area contributed by atoms with Gasteiger partial charge in [-0.1, -0.05) is 45.9 Å². The third-order valence-corrected chi connectivity index (χ3v) is 10.6. The van der Waals surface area contributed by atoms with Crippen molar-refractivity contribution in [2.45, 2.75) is 76.5 Å². The molecule has 0 aromatic heterocycles. The Bertz CT molecular complexity index is 1340. The normalized spacial score (nSPS) is 50.6. The number of fused-ring (bicyclic) bond motifs is 1. The fourth-order valence-corrected chi connectivity index (χ4v) is 9.46. The molecule has 1 aromatic carbocycles. The number of benzene rings is 1. The smallest absolute Gasteiger partial charge is 0.343 e. The largest absolute Gasteiger partial charge is 0.456 e. The van der Waals surface area contributed by atoms with Crippen molar-refractivity contribution in [2.24, 2.45) is 34.0 Å². The van der Waals surface area contributed by atoms with Crippen molar-refractivity contribution >= 4 is 23.9 Å². The molecule has 0 radical (unpaired) electrons. The van der Waals surface area contributed by atoms with Gasteiger partial charge in [-0.15, -0.1) is 0 Å². The van der Waals surface area contributed by atoms with Gasteiger partial charge in [0.15, 0.2) is 17.8 Å². The van der Waals surface area contributed by atoms with Crippen LogP contribution in [0.25, 0.3) is 0 Å². The van der Waals surface area contributed by atoms with Crippen molar-refractivity contribution in [3.05, 3.63) is 35.9 Å². The number of ether oxygens (including phenoxy) is 5. The van der Waals surface area contributed by atoms with Crippen molar-refractivity contribution in [1.29, 1.82) is 0 Å². The number of esters is 4. The summed E-state index contributed by atoms with van der Waals surface area (Å²) in [6, 6.07) is 8.29. The fourth-order valence-electron chi connectivity index (χ4n) is 9.46. The molecule has 2 aliphatic carbocycles. The first-order chi connectivity index (χ1) is 18.2. The molecule has 7 rings (SSSR count). The minimum Gasteiger partial charge on any atom is -0.456 e. The van der Waals surface area contributed by atoms with Gasteiger partial charge in [-0.25, -0.2) is 9.59 Å². The molecule has 11 nitrogen and oxygen atoms in total. The Labute approximate surface area is 223 Å². The lowest BCUT2D eigenvalue weighted by atomic mass is 9.49. The highest BCUT2D eigenvalue weighted by Crippen LogP contribution is 2.85. The van der Waals surface area contributed by atoms with E-state index in [0.29, 0.717) is 0 Å². The number of aliphatic hydroxyl groups excluding tert-OH is 1. The van der Waals surface area contributed by atoms with Crippen LogP contribution in [-0.4, -0.2) is 76.0 Å². The number of hydrogen-bond acceptors (Lipinski definition) is 11. The minimum absolute atomic E-state index is 0.262. The second-order valence-corrected chi connectivity index (χ2v) is 12.8.